The van der Waals surface area contributed by atoms with Crippen LogP contribution in [-0.2, 0) is 11.3 Å². The Morgan fingerprint density at radius 1 is 1.07 bits per heavy atom. The predicted octanol–water partition coefficient (Wildman–Crippen LogP) is 6.26. The topological polar surface area (TPSA) is 97.4 Å². The Bertz CT molecular complexity index is 1220. The number of ether oxygens (including phenoxy) is 2. The summed E-state index contributed by atoms with van der Waals surface area (Å²) in [5.41, 5.74) is -0.330. The molecule has 1 amide bonds. The summed E-state index contributed by atoms with van der Waals surface area (Å²) in [6.07, 6.45) is 0.844. The Morgan fingerprint density at radius 2 is 1.77 bits per heavy atom. The molecular weight excluding hydrogens is 530 g/mol. The van der Waals surface area contributed by atoms with E-state index in [1.807, 2.05) is 20.8 Å². The minimum atomic E-state index is -4.82. The molecule has 218 valence electrons. The highest BCUT2D eigenvalue weighted by Crippen LogP contribution is 2.60. The van der Waals surface area contributed by atoms with Crippen molar-refractivity contribution in [3.8, 4) is 5.75 Å². The number of nitrogens with zero attached hydrogens (tertiary/aromatic N) is 2. The number of nitrogens with one attached hydrogen (secondary N) is 3. The molecule has 2 aromatic rings. The van der Waals surface area contributed by atoms with Crippen molar-refractivity contribution < 1.29 is 31.8 Å². The first-order valence-corrected chi connectivity index (χ1v) is 13.6. The van der Waals surface area contributed by atoms with Crippen LogP contribution in [0.3, 0.4) is 0 Å². The first-order chi connectivity index (χ1) is 18.8. The summed E-state index contributed by atoms with van der Waals surface area (Å²) in [5.74, 6) is 0.431. The second-order valence-corrected chi connectivity index (χ2v) is 12.4. The molecule has 4 saturated carbocycles. The molecule has 4 bridgehead atoms. The zero-order chi connectivity index (χ0) is 28.7. The number of benzene rings is 1. The van der Waals surface area contributed by atoms with Gasteiger partial charge >= 0.3 is 12.5 Å². The standard InChI is InChI=1S/C28H35F4N5O3/c1-26(2,3)40-25(38)36-22-18-8-16-9-19(22)12-27(10-16,11-18)15-35-23-20(29)14-34-24(37-23)33-13-17-6-4-5-7-21(17)39-28(30,31)32/h4-7,14,16,18-19,22H,8-13,15H2,1-3H3,(H,36,38)(H2,33,34,35,37)/t16?,18-,19+,22?,27?. The van der Waals surface area contributed by atoms with Gasteiger partial charge in [-0.05, 0) is 82.1 Å². The monoisotopic (exact) mass is 565 g/mol. The van der Waals surface area contributed by atoms with Crippen LogP contribution in [0.2, 0.25) is 0 Å². The fourth-order valence-corrected chi connectivity index (χ4v) is 6.98. The lowest BCUT2D eigenvalue weighted by Crippen LogP contribution is -2.60. The third kappa shape index (κ3) is 6.69. The highest BCUT2D eigenvalue weighted by atomic mass is 19.4. The summed E-state index contributed by atoms with van der Waals surface area (Å²) in [6, 6.07) is 5.84. The van der Waals surface area contributed by atoms with E-state index >= 15 is 0 Å². The minimum Gasteiger partial charge on any atom is -0.444 e. The number of alkyl halides is 3. The van der Waals surface area contributed by atoms with Gasteiger partial charge in [-0.1, -0.05) is 18.2 Å². The highest BCUT2D eigenvalue weighted by molar-refractivity contribution is 5.68. The summed E-state index contributed by atoms with van der Waals surface area (Å²) < 4.78 is 62.4. The molecule has 3 N–H and O–H groups in total. The molecule has 0 radical (unpaired) electrons. The third-order valence-corrected chi connectivity index (χ3v) is 8.09. The fourth-order valence-electron chi connectivity index (χ4n) is 6.98. The molecule has 1 aromatic carbocycles. The van der Waals surface area contributed by atoms with Gasteiger partial charge in [-0.3, -0.25) is 0 Å². The molecule has 3 unspecified atom stereocenters. The number of carbonyl (C=O) groups is 1. The summed E-state index contributed by atoms with van der Waals surface area (Å²) in [7, 11) is 0. The lowest BCUT2D eigenvalue weighted by molar-refractivity contribution is -0.274. The number of para-hydroxylation sites is 1. The number of hydrogen-bond donors (Lipinski definition) is 3. The Morgan fingerprint density at radius 3 is 2.45 bits per heavy atom. The molecule has 0 spiro atoms. The molecule has 4 aliphatic carbocycles. The van der Waals surface area contributed by atoms with E-state index in [9.17, 15) is 22.4 Å². The SMILES string of the molecule is CC(C)(C)OC(=O)NC1[C@@H]2CC3C[C@H]1CC(CNc1nc(NCc4ccccc4OC(F)(F)F)ncc1F)(C3)C2. The van der Waals surface area contributed by atoms with Crippen molar-refractivity contribution >= 4 is 17.9 Å². The van der Waals surface area contributed by atoms with Gasteiger partial charge in [-0.2, -0.15) is 4.98 Å². The van der Waals surface area contributed by atoms with E-state index in [0.29, 0.717) is 24.3 Å². The number of rotatable bonds is 8. The van der Waals surface area contributed by atoms with Gasteiger partial charge in [-0.25, -0.2) is 14.2 Å². The number of amides is 1. The largest absolute Gasteiger partial charge is 0.573 e. The van der Waals surface area contributed by atoms with E-state index in [1.54, 1.807) is 6.07 Å². The summed E-state index contributed by atoms with van der Waals surface area (Å²) >= 11 is 0. The van der Waals surface area contributed by atoms with E-state index < -0.39 is 17.8 Å². The van der Waals surface area contributed by atoms with Crippen LogP contribution in [0.15, 0.2) is 30.5 Å². The van der Waals surface area contributed by atoms with Gasteiger partial charge in [0, 0.05) is 24.7 Å². The number of halogens is 4. The molecular formula is C28H35F4N5O3. The molecule has 4 fully saturated rings. The molecule has 12 heteroatoms. The summed E-state index contributed by atoms with van der Waals surface area (Å²) in [5, 5.41) is 9.17. The van der Waals surface area contributed by atoms with E-state index in [1.165, 1.54) is 18.2 Å². The number of alkyl carbamates (subject to hydrolysis) is 1. The maximum Gasteiger partial charge on any atom is 0.573 e. The molecule has 1 heterocycles. The first-order valence-electron chi connectivity index (χ1n) is 13.6. The second kappa shape index (κ2) is 10.6. The van der Waals surface area contributed by atoms with Crippen LogP contribution >= 0.6 is 0 Å². The number of aromatic nitrogens is 2. The van der Waals surface area contributed by atoms with Crippen LogP contribution < -0.4 is 20.7 Å². The van der Waals surface area contributed by atoms with Crippen molar-refractivity contribution in [1.82, 2.24) is 15.3 Å². The third-order valence-electron chi connectivity index (χ3n) is 8.09. The van der Waals surface area contributed by atoms with Crippen molar-refractivity contribution in [2.75, 3.05) is 17.2 Å². The van der Waals surface area contributed by atoms with Gasteiger partial charge in [0.25, 0.3) is 0 Å². The van der Waals surface area contributed by atoms with Gasteiger partial charge in [0.1, 0.15) is 11.4 Å². The van der Waals surface area contributed by atoms with E-state index in [-0.39, 0.29) is 47.2 Å². The van der Waals surface area contributed by atoms with Gasteiger partial charge in [0.15, 0.2) is 11.6 Å². The van der Waals surface area contributed by atoms with Crippen molar-refractivity contribution in [2.24, 2.45) is 23.2 Å². The molecule has 0 saturated heterocycles. The lowest BCUT2D eigenvalue weighted by atomic mass is 9.48. The van der Waals surface area contributed by atoms with Gasteiger partial charge < -0.3 is 25.4 Å². The van der Waals surface area contributed by atoms with Crippen LogP contribution in [-0.4, -0.2) is 40.6 Å². The van der Waals surface area contributed by atoms with Crippen LogP contribution in [0.1, 0.15) is 58.4 Å². The Hall–Kier alpha value is -3.31. The molecule has 0 aliphatic heterocycles. The van der Waals surface area contributed by atoms with Crippen molar-refractivity contribution in [3.05, 3.63) is 41.8 Å². The highest BCUT2D eigenvalue weighted by Gasteiger charge is 2.55. The molecule has 4 aliphatic rings. The van der Waals surface area contributed by atoms with Crippen LogP contribution in [0.25, 0.3) is 0 Å². The molecule has 1 aromatic heterocycles. The molecule has 6 rings (SSSR count). The normalized spacial score (nSPS) is 27.3. The lowest BCUT2D eigenvalue weighted by Gasteiger charge is -2.60. The predicted molar refractivity (Wildman–Crippen MR) is 140 cm³/mol. The van der Waals surface area contributed by atoms with E-state index in [0.717, 1.165) is 38.3 Å². The average molecular weight is 566 g/mol. The van der Waals surface area contributed by atoms with Crippen LogP contribution in [0.5, 0.6) is 5.75 Å². The fraction of sp³-hybridized carbons (Fsp3) is 0.607. The van der Waals surface area contributed by atoms with Crippen molar-refractivity contribution in [3.63, 3.8) is 0 Å². The first kappa shape index (κ1) is 28.2. The van der Waals surface area contributed by atoms with E-state index in [2.05, 4.69) is 30.7 Å². The van der Waals surface area contributed by atoms with Crippen molar-refractivity contribution in [2.45, 2.75) is 77.4 Å². The number of hydrogen-bond acceptors (Lipinski definition) is 7. The zero-order valence-corrected chi connectivity index (χ0v) is 22.8. The number of anilines is 2. The summed E-state index contributed by atoms with van der Waals surface area (Å²) in [6.45, 7) is 6.03. The van der Waals surface area contributed by atoms with Gasteiger partial charge in [0.05, 0.1) is 6.20 Å². The second-order valence-electron chi connectivity index (χ2n) is 12.4. The maximum absolute atomic E-state index is 14.7. The number of carbonyl (C=O) groups excluding carboxylic acids is 1. The quantitative estimate of drug-likeness (QED) is 0.325. The van der Waals surface area contributed by atoms with Crippen LogP contribution in [0, 0.1) is 29.0 Å². The Labute approximate surface area is 230 Å². The molecule has 8 nitrogen and oxygen atoms in total. The van der Waals surface area contributed by atoms with Crippen molar-refractivity contribution in [1.29, 1.82) is 0 Å². The van der Waals surface area contributed by atoms with Gasteiger partial charge in [0.2, 0.25) is 5.95 Å². The minimum absolute atomic E-state index is 0.0263. The maximum atomic E-state index is 14.7. The smallest absolute Gasteiger partial charge is 0.444 e. The van der Waals surface area contributed by atoms with Crippen LogP contribution in [0.4, 0.5) is 34.1 Å². The zero-order valence-electron chi connectivity index (χ0n) is 22.8. The Kier molecular flexibility index (Phi) is 7.47. The van der Waals surface area contributed by atoms with Gasteiger partial charge in [-0.15, -0.1) is 13.2 Å². The summed E-state index contributed by atoms with van der Waals surface area (Å²) in [4.78, 5) is 20.7. The van der Waals surface area contributed by atoms with E-state index in [4.69, 9.17) is 4.74 Å². The Balaban J connectivity index is 1.21. The molecule has 5 atom stereocenters. The average Bonchev–Trinajstić information content (AvgIpc) is 2.83. The molecule has 40 heavy (non-hydrogen) atoms.